The first kappa shape index (κ1) is 14.1. The Hall–Kier alpha value is -1.35. The first-order valence-electron chi connectivity index (χ1n) is 7.34. The summed E-state index contributed by atoms with van der Waals surface area (Å²) in [6.07, 6.45) is 6.54. The molecule has 0 radical (unpaired) electrons. The van der Waals surface area contributed by atoms with E-state index in [0.717, 1.165) is 11.3 Å². The summed E-state index contributed by atoms with van der Waals surface area (Å²) in [7, 11) is 2.15. The highest BCUT2D eigenvalue weighted by Crippen LogP contribution is 2.15. The van der Waals surface area contributed by atoms with Crippen molar-refractivity contribution in [3.8, 4) is 0 Å². The Kier molecular flexibility index (Phi) is 4.97. The van der Waals surface area contributed by atoms with Crippen LogP contribution < -0.4 is 10.2 Å². The molecule has 1 aliphatic carbocycles. The highest BCUT2D eigenvalue weighted by atomic mass is 16.2. The average Bonchev–Trinajstić information content (AvgIpc) is 2.42. The molecule has 0 bridgehead atoms. The molecule has 1 saturated carbocycles. The van der Waals surface area contributed by atoms with Crippen LogP contribution in [0, 0.1) is 6.92 Å². The molecular formula is C16H25N2O+. The van der Waals surface area contributed by atoms with Crippen molar-refractivity contribution in [2.45, 2.75) is 45.1 Å². The number of hydrogen-bond donors (Lipinski definition) is 2. The molecule has 0 heterocycles. The molecule has 2 N–H and O–H groups in total. The van der Waals surface area contributed by atoms with Gasteiger partial charge in [-0.1, -0.05) is 24.6 Å². The third-order valence-corrected chi connectivity index (χ3v) is 4.16. The van der Waals surface area contributed by atoms with Gasteiger partial charge in [0.15, 0.2) is 6.54 Å². The molecule has 1 aromatic carbocycles. The quantitative estimate of drug-likeness (QED) is 0.851. The summed E-state index contributed by atoms with van der Waals surface area (Å²) in [6, 6.07) is 8.60. The maximum Gasteiger partial charge on any atom is 0.279 e. The summed E-state index contributed by atoms with van der Waals surface area (Å²) in [5.74, 6) is 0.123. The zero-order valence-corrected chi connectivity index (χ0v) is 12.0. The van der Waals surface area contributed by atoms with Gasteiger partial charge in [0.05, 0.1) is 13.1 Å². The lowest BCUT2D eigenvalue weighted by Crippen LogP contribution is -3.14. The van der Waals surface area contributed by atoms with Gasteiger partial charge in [0, 0.05) is 5.69 Å². The van der Waals surface area contributed by atoms with Crippen LogP contribution in [0.1, 0.15) is 37.7 Å². The second kappa shape index (κ2) is 6.71. The molecule has 0 aliphatic heterocycles. The summed E-state index contributed by atoms with van der Waals surface area (Å²) in [5, 5.41) is 3.02. The van der Waals surface area contributed by atoms with Crippen molar-refractivity contribution >= 4 is 11.6 Å². The lowest BCUT2D eigenvalue weighted by molar-refractivity contribution is -0.899. The van der Waals surface area contributed by atoms with Crippen molar-refractivity contribution in [2.75, 3.05) is 18.9 Å². The monoisotopic (exact) mass is 261 g/mol. The Balaban J connectivity index is 1.85. The average molecular weight is 261 g/mol. The van der Waals surface area contributed by atoms with Crippen LogP contribution in [0.25, 0.3) is 0 Å². The number of hydrogen-bond acceptors (Lipinski definition) is 1. The lowest BCUT2D eigenvalue weighted by atomic mass is 9.94. The SMILES string of the molecule is Cc1ccccc1NC(=O)C[NH+](C)C1CCCCC1. The second-order valence-corrected chi connectivity index (χ2v) is 5.72. The number of amides is 1. The third kappa shape index (κ3) is 4.06. The Morgan fingerprint density at radius 1 is 1.26 bits per heavy atom. The van der Waals surface area contributed by atoms with Crippen LogP contribution >= 0.6 is 0 Å². The second-order valence-electron chi connectivity index (χ2n) is 5.72. The Morgan fingerprint density at radius 2 is 1.95 bits per heavy atom. The van der Waals surface area contributed by atoms with E-state index in [4.69, 9.17) is 0 Å². The van der Waals surface area contributed by atoms with Gasteiger partial charge in [-0.3, -0.25) is 4.79 Å². The van der Waals surface area contributed by atoms with Crippen molar-refractivity contribution < 1.29 is 9.69 Å². The van der Waals surface area contributed by atoms with Gasteiger partial charge in [-0.15, -0.1) is 0 Å². The first-order valence-corrected chi connectivity index (χ1v) is 7.34. The summed E-state index contributed by atoms with van der Waals surface area (Å²) < 4.78 is 0. The maximum atomic E-state index is 12.1. The predicted octanol–water partition coefficient (Wildman–Crippen LogP) is 1.78. The van der Waals surface area contributed by atoms with Crippen molar-refractivity contribution in [3.63, 3.8) is 0 Å². The van der Waals surface area contributed by atoms with Crippen molar-refractivity contribution in [2.24, 2.45) is 0 Å². The molecule has 0 spiro atoms. The highest BCUT2D eigenvalue weighted by molar-refractivity contribution is 5.92. The molecular weight excluding hydrogens is 236 g/mol. The number of benzene rings is 1. The van der Waals surface area contributed by atoms with E-state index in [0.29, 0.717) is 12.6 Å². The van der Waals surface area contributed by atoms with Gasteiger partial charge in [0.25, 0.3) is 5.91 Å². The minimum Gasteiger partial charge on any atom is -0.327 e. The molecule has 0 aromatic heterocycles. The van der Waals surface area contributed by atoms with E-state index in [1.807, 2.05) is 31.2 Å². The number of carbonyl (C=O) groups excluding carboxylic acids is 1. The van der Waals surface area contributed by atoms with Gasteiger partial charge < -0.3 is 10.2 Å². The number of nitrogens with one attached hydrogen (secondary N) is 2. The Morgan fingerprint density at radius 3 is 2.63 bits per heavy atom. The normalized spacial score (nSPS) is 18.0. The largest absolute Gasteiger partial charge is 0.327 e. The molecule has 19 heavy (non-hydrogen) atoms. The standard InChI is InChI=1S/C16H24N2O/c1-13-8-6-7-11-15(13)17-16(19)12-18(2)14-9-4-3-5-10-14/h6-8,11,14H,3-5,9-10,12H2,1-2H3,(H,17,19)/p+1. The maximum absolute atomic E-state index is 12.1. The molecule has 3 heteroatoms. The number of para-hydroxylation sites is 1. The van der Waals surface area contributed by atoms with Crippen LogP contribution in [0.15, 0.2) is 24.3 Å². The van der Waals surface area contributed by atoms with E-state index in [-0.39, 0.29) is 5.91 Å². The van der Waals surface area contributed by atoms with Crippen molar-refractivity contribution in [1.82, 2.24) is 0 Å². The predicted molar refractivity (Wildman–Crippen MR) is 78.4 cm³/mol. The minimum absolute atomic E-state index is 0.123. The summed E-state index contributed by atoms with van der Waals surface area (Å²) >= 11 is 0. The fourth-order valence-corrected chi connectivity index (χ4v) is 2.90. The van der Waals surface area contributed by atoms with E-state index in [9.17, 15) is 4.79 Å². The number of anilines is 1. The number of aryl methyl sites for hydroxylation is 1. The van der Waals surface area contributed by atoms with Crippen LogP contribution in [0.3, 0.4) is 0 Å². The smallest absolute Gasteiger partial charge is 0.279 e. The van der Waals surface area contributed by atoms with Gasteiger partial charge in [-0.2, -0.15) is 0 Å². The van der Waals surface area contributed by atoms with Gasteiger partial charge in [0.2, 0.25) is 0 Å². The number of likely N-dealkylation sites (N-methyl/N-ethyl adjacent to an activating group) is 1. The van der Waals surface area contributed by atoms with Gasteiger partial charge >= 0.3 is 0 Å². The zero-order valence-electron chi connectivity index (χ0n) is 12.0. The van der Waals surface area contributed by atoms with Crippen LogP contribution in [0.5, 0.6) is 0 Å². The van der Waals surface area contributed by atoms with Crippen LogP contribution in [-0.2, 0) is 4.79 Å². The van der Waals surface area contributed by atoms with E-state index >= 15 is 0 Å². The molecule has 1 atom stereocenters. The topological polar surface area (TPSA) is 33.5 Å². The van der Waals surface area contributed by atoms with Crippen LogP contribution in [0.2, 0.25) is 0 Å². The highest BCUT2D eigenvalue weighted by Gasteiger charge is 2.23. The Bertz CT molecular complexity index is 425. The van der Waals surface area contributed by atoms with Gasteiger partial charge in [-0.05, 0) is 44.2 Å². The van der Waals surface area contributed by atoms with Crippen LogP contribution in [0.4, 0.5) is 5.69 Å². The van der Waals surface area contributed by atoms with E-state index in [1.165, 1.54) is 37.0 Å². The van der Waals surface area contributed by atoms with Gasteiger partial charge in [0.1, 0.15) is 0 Å². The molecule has 0 saturated heterocycles. The number of carbonyl (C=O) groups is 1. The van der Waals surface area contributed by atoms with Crippen molar-refractivity contribution in [1.29, 1.82) is 0 Å². The van der Waals surface area contributed by atoms with Crippen LogP contribution in [-0.4, -0.2) is 25.5 Å². The number of quaternary nitrogens is 1. The fraction of sp³-hybridized carbons (Fsp3) is 0.562. The van der Waals surface area contributed by atoms with E-state index in [1.54, 1.807) is 0 Å². The summed E-state index contributed by atoms with van der Waals surface area (Å²) in [5.41, 5.74) is 2.05. The molecule has 3 nitrogen and oxygen atoms in total. The molecule has 1 fully saturated rings. The number of rotatable bonds is 4. The first-order chi connectivity index (χ1) is 9.16. The molecule has 1 aromatic rings. The van der Waals surface area contributed by atoms with E-state index < -0.39 is 0 Å². The minimum atomic E-state index is 0.123. The molecule has 2 rings (SSSR count). The molecule has 1 aliphatic rings. The van der Waals surface area contributed by atoms with Crippen molar-refractivity contribution in [3.05, 3.63) is 29.8 Å². The fourth-order valence-electron chi connectivity index (χ4n) is 2.90. The zero-order chi connectivity index (χ0) is 13.7. The van der Waals surface area contributed by atoms with E-state index in [2.05, 4.69) is 12.4 Å². The summed E-state index contributed by atoms with van der Waals surface area (Å²) in [4.78, 5) is 13.4. The third-order valence-electron chi connectivity index (χ3n) is 4.16. The summed E-state index contributed by atoms with van der Waals surface area (Å²) in [6.45, 7) is 2.59. The lowest BCUT2D eigenvalue weighted by Gasteiger charge is -2.27. The molecule has 1 unspecified atom stereocenters. The molecule has 104 valence electrons. The molecule has 1 amide bonds. The Labute approximate surface area is 116 Å². The van der Waals surface area contributed by atoms with Gasteiger partial charge in [-0.25, -0.2) is 0 Å².